The molecule has 5 heteroatoms. The van der Waals surface area contributed by atoms with Gasteiger partial charge in [0.05, 0.1) is 6.54 Å². The number of rotatable bonds is 8. The molecule has 2 aliphatic rings. The number of carbonyl (C=O) groups excluding carboxylic acids is 1. The van der Waals surface area contributed by atoms with Crippen molar-refractivity contribution >= 4 is 6.03 Å². The third kappa shape index (κ3) is 5.13. The smallest absolute Gasteiger partial charge is 0.320 e. The number of carbonyl (C=O) groups is 1. The molecule has 0 bridgehead atoms. The van der Waals surface area contributed by atoms with E-state index < -0.39 is 0 Å². The third-order valence-corrected chi connectivity index (χ3v) is 7.13. The Bertz CT molecular complexity index is 885. The summed E-state index contributed by atoms with van der Waals surface area (Å²) in [7, 11) is 1.80. The number of aryl methyl sites for hydroxylation is 1. The number of allylic oxidation sites excluding steroid dienone is 3. The number of unbranched alkanes of at least 4 members (excludes halogenated alkanes) is 2. The van der Waals surface area contributed by atoms with Crippen LogP contribution in [0.15, 0.2) is 29.9 Å². The zero-order valence-electron chi connectivity index (χ0n) is 20.3. The molecule has 1 aromatic rings. The van der Waals surface area contributed by atoms with Crippen molar-refractivity contribution in [3.63, 3.8) is 0 Å². The van der Waals surface area contributed by atoms with Crippen LogP contribution in [0.2, 0.25) is 0 Å². The van der Waals surface area contributed by atoms with Crippen LogP contribution in [-0.2, 0) is 13.0 Å². The number of hydrogen-bond donors (Lipinski definition) is 2. The van der Waals surface area contributed by atoms with Gasteiger partial charge in [0.25, 0.3) is 0 Å². The van der Waals surface area contributed by atoms with E-state index in [1.54, 1.807) is 11.9 Å². The van der Waals surface area contributed by atoms with Crippen molar-refractivity contribution in [2.24, 2.45) is 5.92 Å². The van der Waals surface area contributed by atoms with Gasteiger partial charge in [-0.15, -0.1) is 0 Å². The van der Waals surface area contributed by atoms with E-state index in [4.69, 9.17) is 0 Å². The molecular formula is C27H40N2O3. The highest BCUT2D eigenvalue weighted by atomic mass is 16.3. The van der Waals surface area contributed by atoms with Gasteiger partial charge in [0.15, 0.2) is 0 Å². The standard InChI is InChI=1S/C27H40N2O3/c1-6-7-8-10-20-16-24(30)25(22-15-19(4)11-12-21(22)18(2)3)26(31)23(20)17-28(5)27(32)29-13-9-14-29/h15-16,21-22,30-31H,2,6-14,17H2,1,3-5H3. The predicted octanol–water partition coefficient (Wildman–Crippen LogP) is 6.10. The maximum absolute atomic E-state index is 12.8. The first-order valence-corrected chi connectivity index (χ1v) is 12.1. The number of phenolic OH excluding ortho intramolecular Hbond substituents is 2. The van der Waals surface area contributed by atoms with Crippen LogP contribution in [0.4, 0.5) is 4.79 Å². The Kier molecular flexibility index (Phi) is 7.91. The molecule has 1 saturated heterocycles. The molecule has 1 heterocycles. The highest BCUT2D eigenvalue weighted by Crippen LogP contribution is 2.48. The first-order valence-electron chi connectivity index (χ1n) is 12.1. The molecule has 2 atom stereocenters. The summed E-state index contributed by atoms with van der Waals surface area (Å²) in [5.74, 6) is 0.356. The van der Waals surface area contributed by atoms with Gasteiger partial charge in [0.2, 0.25) is 0 Å². The summed E-state index contributed by atoms with van der Waals surface area (Å²) in [4.78, 5) is 16.3. The molecule has 2 amide bonds. The lowest BCUT2D eigenvalue weighted by Gasteiger charge is -2.35. The molecule has 0 radical (unpaired) electrons. The van der Waals surface area contributed by atoms with Crippen LogP contribution in [-0.4, -0.2) is 46.2 Å². The minimum Gasteiger partial charge on any atom is -0.507 e. The fourth-order valence-corrected chi connectivity index (χ4v) is 5.02. The minimum atomic E-state index is -0.110. The fraction of sp³-hybridized carbons (Fsp3) is 0.593. The summed E-state index contributed by atoms with van der Waals surface area (Å²) in [5.41, 5.74) is 4.61. The maximum atomic E-state index is 12.8. The number of phenols is 2. The lowest BCUT2D eigenvalue weighted by molar-refractivity contribution is 0.133. The second-order valence-corrected chi connectivity index (χ2v) is 9.76. The zero-order chi connectivity index (χ0) is 23.4. The van der Waals surface area contributed by atoms with E-state index in [-0.39, 0.29) is 29.4 Å². The summed E-state index contributed by atoms with van der Waals surface area (Å²) in [6.07, 6.45) is 9.15. The van der Waals surface area contributed by atoms with Crippen LogP contribution in [0.5, 0.6) is 11.5 Å². The molecule has 2 N–H and O–H groups in total. The van der Waals surface area contributed by atoms with E-state index in [1.165, 1.54) is 5.57 Å². The normalized spacial score (nSPS) is 20.5. The second kappa shape index (κ2) is 10.5. The third-order valence-electron chi connectivity index (χ3n) is 7.13. The molecule has 1 aliphatic heterocycles. The Morgan fingerprint density at radius 3 is 2.59 bits per heavy atom. The summed E-state index contributed by atoms with van der Waals surface area (Å²) < 4.78 is 0. The van der Waals surface area contributed by atoms with Crippen molar-refractivity contribution in [2.75, 3.05) is 20.1 Å². The Balaban J connectivity index is 2.02. The van der Waals surface area contributed by atoms with Gasteiger partial charge in [-0.3, -0.25) is 0 Å². The number of urea groups is 1. The molecule has 1 aromatic carbocycles. The largest absolute Gasteiger partial charge is 0.507 e. The Hall–Kier alpha value is -2.43. The molecular weight excluding hydrogens is 400 g/mol. The summed E-state index contributed by atoms with van der Waals surface area (Å²) in [6.45, 7) is 12.4. The summed E-state index contributed by atoms with van der Waals surface area (Å²) in [5, 5.41) is 22.6. The first kappa shape index (κ1) is 24.2. The van der Waals surface area contributed by atoms with Crippen LogP contribution in [0.1, 0.15) is 81.9 Å². The van der Waals surface area contributed by atoms with Gasteiger partial charge in [-0.05, 0) is 63.5 Å². The lowest BCUT2D eigenvalue weighted by atomic mass is 9.73. The van der Waals surface area contributed by atoms with Crippen molar-refractivity contribution in [1.29, 1.82) is 0 Å². The predicted molar refractivity (Wildman–Crippen MR) is 130 cm³/mol. The van der Waals surface area contributed by atoms with E-state index in [0.29, 0.717) is 12.1 Å². The van der Waals surface area contributed by atoms with Crippen LogP contribution < -0.4 is 0 Å². The molecule has 1 aliphatic carbocycles. The van der Waals surface area contributed by atoms with Crippen molar-refractivity contribution in [3.8, 4) is 11.5 Å². The van der Waals surface area contributed by atoms with E-state index in [0.717, 1.165) is 74.7 Å². The van der Waals surface area contributed by atoms with Crippen molar-refractivity contribution in [3.05, 3.63) is 46.6 Å². The maximum Gasteiger partial charge on any atom is 0.320 e. The summed E-state index contributed by atoms with van der Waals surface area (Å²) >= 11 is 0. The molecule has 2 unspecified atom stereocenters. The van der Waals surface area contributed by atoms with Gasteiger partial charge in [0.1, 0.15) is 11.5 Å². The second-order valence-electron chi connectivity index (χ2n) is 9.76. The minimum absolute atomic E-state index is 0.00185. The van der Waals surface area contributed by atoms with E-state index >= 15 is 0 Å². The van der Waals surface area contributed by atoms with Crippen molar-refractivity contribution in [1.82, 2.24) is 9.80 Å². The molecule has 0 spiro atoms. The molecule has 176 valence electrons. The van der Waals surface area contributed by atoms with Crippen LogP contribution >= 0.6 is 0 Å². The van der Waals surface area contributed by atoms with Gasteiger partial charge in [0, 0.05) is 37.2 Å². The zero-order valence-corrected chi connectivity index (χ0v) is 20.3. The first-order chi connectivity index (χ1) is 15.2. The van der Waals surface area contributed by atoms with Gasteiger partial charge in [-0.25, -0.2) is 4.79 Å². The van der Waals surface area contributed by atoms with E-state index in [2.05, 4.69) is 26.5 Å². The fourth-order valence-electron chi connectivity index (χ4n) is 5.02. The van der Waals surface area contributed by atoms with Gasteiger partial charge >= 0.3 is 6.03 Å². The average molecular weight is 441 g/mol. The highest BCUT2D eigenvalue weighted by Gasteiger charge is 2.32. The number of amides is 2. The topological polar surface area (TPSA) is 64.0 Å². The number of aromatic hydroxyl groups is 2. The van der Waals surface area contributed by atoms with Crippen LogP contribution in [0.25, 0.3) is 0 Å². The van der Waals surface area contributed by atoms with E-state index in [9.17, 15) is 15.0 Å². The molecule has 0 aromatic heterocycles. The molecule has 3 rings (SSSR count). The molecule has 0 saturated carbocycles. The molecule has 32 heavy (non-hydrogen) atoms. The number of benzene rings is 1. The van der Waals surface area contributed by atoms with Gasteiger partial charge in [-0.1, -0.05) is 43.6 Å². The van der Waals surface area contributed by atoms with Crippen molar-refractivity contribution in [2.45, 2.75) is 78.2 Å². The van der Waals surface area contributed by atoms with E-state index in [1.807, 2.05) is 17.9 Å². The van der Waals surface area contributed by atoms with Gasteiger partial charge in [-0.2, -0.15) is 0 Å². The number of likely N-dealkylation sites (tertiary alicyclic amines) is 1. The Labute approximate surface area is 193 Å². The Morgan fingerprint density at radius 2 is 2.00 bits per heavy atom. The Morgan fingerprint density at radius 1 is 1.28 bits per heavy atom. The molecule has 5 nitrogen and oxygen atoms in total. The quantitative estimate of drug-likeness (QED) is 0.379. The summed E-state index contributed by atoms with van der Waals surface area (Å²) in [6, 6.07) is 1.83. The molecule has 1 fully saturated rings. The van der Waals surface area contributed by atoms with Crippen molar-refractivity contribution < 1.29 is 15.0 Å². The monoisotopic (exact) mass is 440 g/mol. The van der Waals surface area contributed by atoms with Crippen LogP contribution in [0.3, 0.4) is 0 Å². The average Bonchev–Trinajstić information content (AvgIpc) is 2.69. The van der Waals surface area contributed by atoms with Gasteiger partial charge < -0.3 is 20.0 Å². The highest BCUT2D eigenvalue weighted by molar-refractivity contribution is 5.75. The SMILES string of the molecule is C=C(C)C1CCC(C)=CC1c1c(O)cc(CCCCC)c(CN(C)C(=O)N2CCC2)c1O. The van der Waals surface area contributed by atoms with Crippen LogP contribution in [0, 0.1) is 5.92 Å². The number of nitrogens with zero attached hydrogens (tertiary/aromatic N) is 2. The number of hydrogen-bond acceptors (Lipinski definition) is 3. The lowest BCUT2D eigenvalue weighted by Crippen LogP contribution is -2.48.